The molecule has 1 unspecified atom stereocenters. The van der Waals surface area contributed by atoms with Crippen LogP contribution < -0.4 is 11.2 Å². The zero-order valence-corrected chi connectivity index (χ0v) is 7.10. The summed E-state index contributed by atoms with van der Waals surface area (Å²) in [6.07, 6.45) is 0.424. The van der Waals surface area contributed by atoms with Crippen molar-refractivity contribution in [3.05, 3.63) is 35.9 Å². The molecular formula is C9H12N2O2. The summed E-state index contributed by atoms with van der Waals surface area (Å²) >= 11 is 0. The third-order valence-corrected chi connectivity index (χ3v) is 1.75. The van der Waals surface area contributed by atoms with Gasteiger partial charge >= 0.3 is 0 Å². The lowest BCUT2D eigenvalue weighted by atomic mass is 10.1. The lowest BCUT2D eigenvalue weighted by Gasteiger charge is -2.08. The van der Waals surface area contributed by atoms with Gasteiger partial charge in [0.1, 0.15) is 0 Å². The molecule has 1 aromatic rings. The molecule has 0 aliphatic rings. The highest BCUT2D eigenvalue weighted by molar-refractivity contribution is 5.80. The Balaban J connectivity index is 2.55. The Morgan fingerprint density at radius 3 is 2.62 bits per heavy atom. The molecule has 1 amide bonds. The topological polar surface area (TPSA) is 75.4 Å². The van der Waals surface area contributed by atoms with Crippen molar-refractivity contribution in [1.29, 1.82) is 0 Å². The van der Waals surface area contributed by atoms with Crippen LogP contribution in [0.5, 0.6) is 0 Å². The van der Waals surface area contributed by atoms with Gasteiger partial charge < -0.3 is 5.73 Å². The Morgan fingerprint density at radius 2 is 2.08 bits per heavy atom. The minimum absolute atomic E-state index is 0.424. The minimum atomic E-state index is -0.701. The van der Waals surface area contributed by atoms with E-state index in [0.717, 1.165) is 5.56 Å². The van der Waals surface area contributed by atoms with Gasteiger partial charge in [-0.05, 0) is 12.0 Å². The van der Waals surface area contributed by atoms with Gasteiger partial charge in [-0.25, -0.2) is 5.48 Å². The second kappa shape index (κ2) is 4.59. The molecule has 70 valence electrons. The Bertz CT molecular complexity index is 274. The maximum Gasteiger partial charge on any atom is 0.260 e. The largest absolute Gasteiger partial charge is 0.320 e. The smallest absolute Gasteiger partial charge is 0.260 e. The van der Waals surface area contributed by atoms with Crippen molar-refractivity contribution in [2.45, 2.75) is 12.5 Å². The maximum atomic E-state index is 10.8. The standard InChI is InChI=1S/C9H12N2O2/c10-8(9(12)11-13)6-7-4-2-1-3-5-7/h1-5,8,13H,6,10H2,(H,11,12). The fraction of sp³-hybridized carbons (Fsp3) is 0.222. The molecule has 4 nitrogen and oxygen atoms in total. The molecule has 0 aliphatic heterocycles. The van der Waals surface area contributed by atoms with Crippen LogP contribution >= 0.6 is 0 Å². The van der Waals surface area contributed by atoms with Gasteiger partial charge in [-0.3, -0.25) is 10.0 Å². The van der Waals surface area contributed by atoms with Gasteiger partial charge in [-0.1, -0.05) is 30.3 Å². The van der Waals surface area contributed by atoms with E-state index in [9.17, 15) is 4.79 Å². The van der Waals surface area contributed by atoms with Gasteiger partial charge in [-0.2, -0.15) is 0 Å². The molecule has 0 bridgehead atoms. The highest BCUT2D eigenvalue weighted by atomic mass is 16.5. The first-order valence-electron chi connectivity index (χ1n) is 3.97. The van der Waals surface area contributed by atoms with Crippen molar-refractivity contribution in [2.24, 2.45) is 5.73 Å². The summed E-state index contributed by atoms with van der Waals surface area (Å²) in [5.41, 5.74) is 7.98. The lowest BCUT2D eigenvalue weighted by molar-refractivity contribution is -0.130. The number of hydrogen-bond donors (Lipinski definition) is 3. The zero-order valence-electron chi connectivity index (χ0n) is 7.10. The van der Waals surface area contributed by atoms with Crippen molar-refractivity contribution in [3.63, 3.8) is 0 Å². The van der Waals surface area contributed by atoms with Crippen molar-refractivity contribution in [2.75, 3.05) is 0 Å². The van der Waals surface area contributed by atoms with Gasteiger partial charge in [-0.15, -0.1) is 0 Å². The molecule has 0 saturated heterocycles. The van der Waals surface area contributed by atoms with E-state index in [1.165, 1.54) is 5.48 Å². The van der Waals surface area contributed by atoms with Crippen LogP contribution in [-0.4, -0.2) is 17.2 Å². The summed E-state index contributed by atoms with van der Waals surface area (Å²) in [5, 5.41) is 8.30. The van der Waals surface area contributed by atoms with E-state index < -0.39 is 11.9 Å². The first-order chi connectivity index (χ1) is 6.24. The first kappa shape index (κ1) is 9.70. The molecule has 4 heteroatoms. The number of nitrogens with one attached hydrogen (secondary N) is 1. The lowest BCUT2D eigenvalue weighted by Crippen LogP contribution is -2.40. The van der Waals surface area contributed by atoms with E-state index in [0.29, 0.717) is 6.42 Å². The number of hydrogen-bond acceptors (Lipinski definition) is 3. The van der Waals surface area contributed by atoms with Gasteiger partial charge in [0.2, 0.25) is 0 Å². The van der Waals surface area contributed by atoms with Crippen LogP contribution in [0.3, 0.4) is 0 Å². The summed E-state index contributed by atoms with van der Waals surface area (Å²) in [4.78, 5) is 10.8. The van der Waals surface area contributed by atoms with Crippen molar-refractivity contribution in [3.8, 4) is 0 Å². The Kier molecular flexibility index (Phi) is 3.42. The Morgan fingerprint density at radius 1 is 1.46 bits per heavy atom. The fourth-order valence-corrected chi connectivity index (χ4v) is 1.04. The molecule has 1 aromatic carbocycles. The molecule has 13 heavy (non-hydrogen) atoms. The van der Waals surface area contributed by atoms with Crippen molar-refractivity contribution in [1.82, 2.24) is 5.48 Å². The van der Waals surface area contributed by atoms with E-state index in [1.54, 1.807) is 0 Å². The number of benzene rings is 1. The summed E-state index contributed by atoms with van der Waals surface area (Å²) in [7, 11) is 0. The predicted molar refractivity (Wildman–Crippen MR) is 48.1 cm³/mol. The number of carbonyl (C=O) groups is 1. The van der Waals surface area contributed by atoms with Crippen LogP contribution in [0.4, 0.5) is 0 Å². The molecule has 0 aromatic heterocycles. The van der Waals surface area contributed by atoms with Crippen LogP contribution in [0, 0.1) is 0 Å². The highest BCUT2D eigenvalue weighted by Crippen LogP contribution is 2.01. The van der Waals surface area contributed by atoms with E-state index in [2.05, 4.69) is 0 Å². The summed E-state index contributed by atoms with van der Waals surface area (Å²) < 4.78 is 0. The van der Waals surface area contributed by atoms with E-state index >= 15 is 0 Å². The number of carbonyl (C=O) groups excluding carboxylic acids is 1. The molecule has 0 fully saturated rings. The Hall–Kier alpha value is -1.39. The maximum absolute atomic E-state index is 10.8. The fourth-order valence-electron chi connectivity index (χ4n) is 1.04. The minimum Gasteiger partial charge on any atom is -0.320 e. The molecule has 0 heterocycles. The van der Waals surface area contributed by atoms with E-state index in [4.69, 9.17) is 10.9 Å². The van der Waals surface area contributed by atoms with Crippen LogP contribution in [0.15, 0.2) is 30.3 Å². The van der Waals surface area contributed by atoms with Crippen molar-refractivity contribution >= 4 is 5.91 Å². The first-order valence-corrected chi connectivity index (χ1v) is 3.97. The molecule has 1 rings (SSSR count). The van der Waals surface area contributed by atoms with Crippen LogP contribution in [0.2, 0.25) is 0 Å². The SMILES string of the molecule is NC(Cc1ccccc1)C(=O)NO. The molecule has 4 N–H and O–H groups in total. The van der Waals surface area contributed by atoms with Crippen molar-refractivity contribution < 1.29 is 10.0 Å². The summed E-state index contributed by atoms with van der Waals surface area (Å²) in [6, 6.07) is 8.70. The van der Waals surface area contributed by atoms with E-state index in [1.807, 2.05) is 30.3 Å². The van der Waals surface area contributed by atoms with Gasteiger partial charge in [0.05, 0.1) is 6.04 Å². The third-order valence-electron chi connectivity index (χ3n) is 1.75. The highest BCUT2D eigenvalue weighted by Gasteiger charge is 2.12. The normalized spacial score (nSPS) is 12.2. The molecule has 0 saturated carbocycles. The van der Waals surface area contributed by atoms with Crippen LogP contribution in [-0.2, 0) is 11.2 Å². The Labute approximate surface area is 76.3 Å². The summed E-state index contributed by atoms with van der Waals surface area (Å²) in [5.74, 6) is -0.566. The number of nitrogens with two attached hydrogens (primary N) is 1. The summed E-state index contributed by atoms with van der Waals surface area (Å²) in [6.45, 7) is 0. The zero-order chi connectivity index (χ0) is 9.68. The van der Waals surface area contributed by atoms with Gasteiger partial charge in [0, 0.05) is 0 Å². The molecular weight excluding hydrogens is 168 g/mol. The molecule has 0 radical (unpaired) electrons. The molecule has 1 atom stereocenters. The third kappa shape index (κ3) is 2.85. The van der Waals surface area contributed by atoms with Crippen LogP contribution in [0.25, 0.3) is 0 Å². The monoisotopic (exact) mass is 180 g/mol. The number of rotatable bonds is 3. The second-order valence-corrected chi connectivity index (χ2v) is 2.77. The number of amides is 1. The van der Waals surface area contributed by atoms with Gasteiger partial charge in [0.25, 0.3) is 5.91 Å². The van der Waals surface area contributed by atoms with E-state index in [-0.39, 0.29) is 0 Å². The average molecular weight is 180 g/mol. The predicted octanol–water partition coefficient (Wildman–Crippen LogP) is 0.0618. The molecule has 0 aliphatic carbocycles. The molecule has 0 spiro atoms. The average Bonchev–Trinajstić information content (AvgIpc) is 2.18. The quantitative estimate of drug-likeness (QED) is 0.455. The number of hydroxylamine groups is 1. The second-order valence-electron chi connectivity index (χ2n) is 2.77. The van der Waals surface area contributed by atoms with Crippen LogP contribution in [0.1, 0.15) is 5.56 Å². The van der Waals surface area contributed by atoms with Gasteiger partial charge in [0.15, 0.2) is 0 Å².